The first-order valence-electron chi connectivity index (χ1n) is 6.69. The van der Waals surface area contributed by atoms with Gasteiger partial charge in [0.1, 0.15) is 17.1 Å². The highest BCUT2D eigenvalue weighted by Gasteiger charge is 2.22. The van der Waals surface area contributed by atoms with Crippen molar-refractivity contribution in [2.75, 3.05) is 20.5 Å². The van der Waals surface area contributed by atoms with E-state index in [0.717, 1.165) is 12.3 Å². The maximum absolute atomic E-state index is 14.0. The Balaban J connectivity index is 2.44. The summed E-state index contributed by atoms with van der Waals surface area (Å²) in [5.74, 6) is -2.23. The summed E-state index contributed by atoms with van der Waals surface area (Å²) in [5, 5.41) is 0. The Morgan fingerprint density at radius 3 is 2.28 bits per heavy atom. The van der Waals surface area contributed by atoms with E-state index >= 15 is 0 Å². The van der Waals surface area contributed by atoms with Crippen LogP contribution >= 0.6 is 0 Å². The predicted molar refractivity (Wildman–Crippen MR) is 83.9 cm³/mol. The van der Waals surface area contributed by atoms with Crippen LogP contribution in [-0.2, 0) is 10.0 Å². The summed E-state index contributed by atoms with van der Waals surface area (Å²) >= 11 is 0. The molecule has 1 N–H and O–H groups in total. The highest BCUT2D eigenvalue weighted by atomic mass is 32.2. The quantitative estimate of drug-likeness (QED) is 0.803. The number of rotatable bonds is 6. The molecule has 2 aromatic rings. The zero-order valence-electron chi connectivity index (χ0n) is 13.4. The summed E-state index contributed by atoms with van der Waals surface area (Å²) in [6, 6.07) is 4.62. The number of carbonyl (C=O) groups is 1. The third kappa shape index (κ3) is 4.76. The fourth-order valence-electron chi connectivity index (χ4n) is 1.77. The normalized spacial score (nSPS) is 10.9. The van der Waals surface area contributed by atoms with Crippen LogP contribution in [0.3, 0.4) is 0 Å². The van der Waals surface area contributed by atoms with Crippen molar-refractivity contribution in [3.05, 3.63) is 35.6 Å². The number of nitrogens with zero attached hydrogens (tertiary/aromatic N) is 2. The van der Waals surface area contributed by atoms with Gasteiger partial charge in [-0.1, -0.05) is 6.07 Å². The fourth-order valence-corrected chi connectivity index (χ4v) is 2.20. The van der Waals surface area contributed by atoms with Crippen LogP contribution in [0.1, 0.15) is 10.4 Å². The van der Waals surface area contributed by atoms with E-state index in [-0.39, 0.29) is 23.5 Å². The number of aromatic nitrogens is 2. The van der Waals surface area contributed by atoms with Gasteiger partial charge in [0, 0.05) is 0 Å². The Labute approximate surface area is 142 Å². The Kier molecular flexibility index (Phi) is 5.37. The van der Waals surface area contributed by atoms with Crippen molar-refractivity contribution in [3.63, 3.8) is 0 Å². The first-order chi connectivity index (χ1) is 11.7. The lowest BCUT2D eigenvalue weighted by Gasteiger charge is -2.11. The topological polar surface area (TPSA) is 117 Å². The van der Waals surface area contributed by atoms with Crippen molar-refractivity contribution in [2.24, 2.45) is 0 Å². The first kappa shape index (κ1) is 18.4. The van der Waals surface area contributed by atoms with Gasteiger partial charge in [0.15, 0.2) is 0 Å². The van der Waals surface area contributed by atoms with Gasteiger partial charge in [-0.2, -0.15) is 9.97 Å². The van der Waals surface area contributed by atoms with Crippen LogP contribution in [0.5, 0.6) is 23.5 Å². The van der Waals surface area contributed by atoms with E-state index < -0.39 is 27.3 Å². The van der Waals surface area contributed by atoms with E-state index in [0.29, 0.717) is 0 Å². The predicted octanol–water partition coefficient (Wildman–Crippen LogP) is 1.11. The van der Waals surface area contributed by atoms with Crippen LogP contribution < -0.4 is 18.9 Å². The summed E-state index contributed by atoms with van der Waals surface area (Å²) in [4.78, 5) is 19.8. The maximum Gasteiger partial charge on any atom is 0.328 e. The summed E-state index contributed by atoms with van der Waals surface area (Å²) < 4.78 is 53.4. The van der Waals surface area contributed by atoms with Gasteiger partial charge in [-0.05, 0) is 12.1 Å². The molecule has 0 radical (unpaired) electrons. The van der Waals surface area contributed by atoms with Gasteiger partial charge in [-0.15, -0.1) is 0 Å². The molecule has 134 valence electrons. The Bertz CT molecular complexity index is 881. The van der Waals surface area contributed by atoms with Crippen LogP contribution in [0.15, 0.2) is 24.3 Å². The molecule has 0 spiro atoms. The number of methoxy groups -OCH3 is 2. The second-order valence-corrected chi connectivity index (χ2v) is 6.40. The monoisotopic (exact) mass is 371 g/mol. The van der Waals surface area contributed by atoms with Gasteiger partial charge in [0.25, 0.3) is 5.91 Å². The van der Waals surface area contributed by atoms with Crippen molar-refractivity contribution in [3.8, 4) is 23.5 Å². The molecule has 0 aliphatic rings. The number of nitrogens with one attached hydrogen (secondary N) is 1. The number of amides is 1. The average molecular weight is 371 g/mol. The lowest BCUT2D eigenvalue weighted by molar-refractivity contribution is 0.0975. The van der Waals surface area contributed by atoms with Crippen molar-refractivity contribution >= 4 is 15.9 Å². The molecule has 11 heteroatoms. The Morgan fingerprint density at radius 2 is 1.76 bits per heavy atom. The van der Waals surface area contributed by atoms with Crippen LogP contribution in [0.2, 0.25) is 0 Å². The van der Waals surface area contributed by atoms with E-state index in [1.54, 1.807) is 4.72 Å². The van der Waals surface area contributed by atoms with Gasteiger partial charge in [0.05, 0.1) is 26.5 Å². The number of halogens is 1. The standard InChI is InChI=1S/C14H14FN3O6S/c1-22-10-7-11(23-2)17-14(16-10)24-9-6-4-5-8(15)12(9)13(19)18-25(3,20)21/h4-7H,1-3H3,(H,18,19). The second-order valence-electron chi connectivity index (χ2n) is 4.65. The molecule has 2 rings (SSSR count). The molecule has 9 nitrogen and oxygen atoms in total. The molecule has 1 amide bonds. The van der Waals surface area contributed by atoms with E-state index in [1.165, 1.54) is 32.4 Å². The van der Waals surface area contributed by atoms with E-state index in [1.807, 2.05) is 0 Å². The molecule has 0 saturated heterocycles. The van der Waals surface area contributed by atoms with Crippen molar-refractivity contribution in [1.29, 1.82) is 0 Å². The van der Waals surface area contributed by atoms with Gasteiger partial charge < -0.3 is 14.2 Å². The van der Waals surface area contributed by atoms with E-state index in [4.69, 9.17) is 14.2 Å². The van der Waals surface area contributed by atoms with Crippen molar-refractivity contribution in [2.45, 2.75) is 0 Å². The highest BCUT2D eigenvalue weighted by Crippen LogP contribution is 2.28. The first-order valence-corrected chi connectivity index (χ1v) is 8.58. The third-order valence-corrected chi connectivity index (χ3v) is 3.31. The molecule has 0 unspecified atom stereocenters. The lowest BCUT2D eigenvalue weighted by atomic mass is 10.2. The van der Waals surface area contributed by atoms with Crippen LogP contribution in [0.25, 0.3) is 0 Å². The molecule has 0 aliphatic heterocycles. The zero-order valence-corrected chi connectivity index (χ0v) is 14.3. The second kappa shape index (κ2) is 7.30. The van der Waals surface area contributed by atoms with Crippen molar-refractivity contribution in [1.82, 2.24) is 14.7 Å². The minimum atomic E-state index is -3.89. The smallest absolute Gasteiger partial charge is 0.328 e. The summed E-state index contributed by atoms with van der Waals surface area (Å²) in [7, 11) is -1.17. The number of carbonyl (C=O) groups excluding carboxylic acids is 1. The summed E-state index contributed by atoms with van der Waals surface area (Å²) in [6.07, 6.45) is 0.766. The molecule has 0 aliphatic carbocycles. The van der Waals surface area contributed by atoms with Crippen LogP contribution in [0.4, 0.5) is 4.39 Å². The van der Waals surface area contributed by atoms with Crippen LogP contribution in [0, 0.1) is 5.82 Å². The molecular weight excluding hydrogens is 357 g/mol. The number of hydrogen-bond acceptors (Lipinski definition) is 8. The van der Waals surface area contributed by atoms with Gasteiger partial charge >= 0.3 is 6.01 Å². The maximum atomic E-state index is 14.0. The minimum absolute atomic E-state index is 0.111. The highest BCUT2D eigenvalue weighted by molar-refractivity contribution is 7.89. The van der Waals surface area contributed by atoms with Gasteiger partial charge in [-0.3, -0.25) is 4.79 Å². The number of ether oxygens (including phenoxy) is 3. The SMILES string of the molecule is COc1cc(OC)nc(Oc2cccc(F)c2C(=O)NS(C)(=O)=O)n1. The molecular formula is C14H14FN3O6S. The molecule has 0 fully saturated rings. The van der Waals surface area contributed by atoms with E-state index in [9.17, 15) is 17.6 Å². The molecule has 0 saturated carbocycles. The molecule has 0 bridgehead atoms. The minimum Gasteiger partial charge on any atom is -0.481 e. The molecule has 1 heterocycles. The molecule has 1 aromatic heterocycles. The largest absolute Gasteiger partial charge is 0.481 e. The molecule has 1 aromatic carbocycles. The van der Waals surface area contributed by atoms with Crippen LogP contribution in [-0.4, -0.2) is 44.8 Å². The van der Waals surface area contributed by atoms with Gasteiger partial charge in [-0.25, -0.2) is 17.5 Å². The molecule has 25 heavy (non-hydrogen) atoms. The van der Waals surface area contributed by atoms with E-state index in [2.05, 4.69) is 9.97 Å². The summed E-state index contributed by atoms with van der Waals surface area (Å²) in [6.45, 7) is 0. The lowest BCUT2D eigenvalue weighted by Crippen LogP contribution is -2.30. The van der Waals surface area contributed by atoms with Gasteiger partial charge in [0.2, 0.25) is 21.8 Å². The summed E-state index contributed by atoms with van der Waals surface area (Å²) in [5.41, 5.74) is -0.613. The fraction of sp³-hybridized carbons (Fsp3) is 0.214. The molecule has 0 atom stereocenters. The zero-order chi connectivity index (χ0) is 18.6. The Hall–Kier alpha value is -2.95. The van der Waals surface area contributed by atoms with Crippen molar-refractivity contribution < 1.29 is 31.8 Å². The Morgan fingerprint density at radius 1 is 1.16 bits per heavy atom. The number of benzene rings is 1. The number of hydrogen-bond donors (Lipinski definition) is 1. The third-order valence-electron chi connectivity index (χ3n) is 2.76. The average Bonchev–Trinajstić information content (AvgIpc) is 2.52. The number of sulfonamides is 1.